The minimum absolute atomic E-state index is 0.0994. The van der Waals surface area contributed by atoms with Crippen molar-refractivity contribution in [3.63, 3.8) is 0 Å². The second kappa shape index (κ2) is 9.39. The van der Waals surface area contributed by atoms with Crippen molar-refractivity contribution in [3.8, 4) is 0 Å². The van der Waals surface area contributed by atoms with Gasteiger partial charge in [-0.05, 0) is 42.6 Å². The van der Waals surface area contributed by atoms with Gasteiger partial charge in [0.25, 0.3) is 5.91 Å². The van der Waals surface area contributed by atoms with Crippen LogP contribution in [0, 0.1) is 6.92 Å². The molecule has 1 aromatic heterocycles. The van der Waals surface area contributed by atoms with Gasteiger partial charge < -0.3 is 10.6 Å². The van der Waals surface area contributed by atoms with Crippen molar-refractivity contribution in [2.75, 3.05) is 11.1 Å². The fourth-order valence-corrected chi connectivity index (χ4v) is 3.93. The first kappa shape index (κ1) is 19.2. The third-order valence-electron chi connectivity index (χ3n) is 3.83. The highest BCUT2D eigenvalue weighted by Crippen LogP contribution is 2.23. The Kier molecular flexibility index (Phi) is 6.68. The highest BCUT2D eigenvalue weighted by molar-refractivity contribution is 8.00. The van der Waals surface area contributed by atoms with Gasteiger partial charge in [0.2, 0.25) is 5.91 Å². The molecular weight excluding hydrogens is 376 g/mol. The average molecular weight is 397 g/mol. The van der Waals surface area contributed by atoms with E-state index in [9.17, 15) is 9.59 Å². The van der Waals surface area contributed by atoms with Gasteiger partial charge in [0, 0.05) is 15.5 Å². The van der Waals surface area contributed by atoms with Gasteiger partial charge in [0.05, 0.1) is 17.9 Å². The molecule has 0 fully saturated rings. The predicted octanol–water partition coefficient (Wildman–Crippen LogP) is 4.72. The van der Waals surface area contributed by atoms with Crippen LogP contribution in [0.15, 0.2) is 70.9 Å². The first-order valence-electron chi connectivity index (χ1n) is 8.51. The molecule has 0 bridgehead atoms. The zero-order chi connectivity index (χ0) is 19.1. The molecule has 2 N–H and O–H groups in total. The molecule has 0 saturated carbocycles. The van der Waals surface area contributed by atoms with Crippen molar-refractivity contribution >= 4 is 40.6 Å². The molecule has 4 nitrogen and oxygen atoms in total. The summed E-state index contributed by atoms with van der Waals surface area (Å²) in [6, 6.07) is 19.0. The molecule has 2 amide bonds. The maximum Gasteiger partial charge on any atom is 0.252 e. The Balaban J connectivity index is 1.57. The van der Waals surface area contributed by atoms with Gasteiger partial charge in [-0.2, -0.15) is 0 Å². The molecule has 6 heteroatoms. The van der Waals surface area contributed by atoms with Crippen molar-refractivity contribution in [3.05, 3.63) is 82.0 Å². The number of nitrogens with one attached hydrogen (secondary N) is 2. The van der Waals surface area contributed by atoms with Crippen molar-refractivity contribution in [2.45, 2.75) is 18.4 Å². The van der Waals surface area contributed by atoms with E-state index < -0.39 is 0 Å². The van der Waals surface area contributed by atoms with E-state index in [0.717, 1.165) is 21.0 Å². The number of benzene rings is 2. The lowest BCUT2D eigenvalue weighted by atomic mass is 10.2. The van der Waals surface area contributed by atoms with Gasteiger partial charge in [-0.25, -0.2) is 0 Å². The molecule has 3 rings (SSSR count). The van der Waals surface area contributed by atoms with E-state index in [2.05, 4.69) is 10.6 Å². The van der Waals surface area contributed by atoms with Crippen LogP contribution in [0.4, 0.5) is 5.69 Å². The van der Waals surface area contributed by atoms with Gasteiger partial charge in [0.15, 0.2) is 0 Å². The normalized spacial score (nSPS) is 10.4. The lowest BCUT2D eigenvalue weighted by Crippen LogP contribution is -2.23. The summed E-state index contributed by atoms with van der Waals surface area (Å²) < 4.78 is 0. The summed E-state index contributed by atoms with van der Waals surface area (Å²) in [5, 5.41) is 7.79. The third-order valence-corrected chi connectivity index (χ3v) is 5.78. The molecule has 1 heterocycles. The Labute approximate surface area is 167 Å². The van der Waals surface area contributed by atoms with Crippen LogP contribution in [0.25, 0.3) is 0 Å². The van der Waals surface area contributed by atoms with Crippen LogP contribution >= 0.6 is 23.1 Å². The van der Waals surface area contributed by atoms with Gasteiger partial charge in [0.1, 0.15) is 0 Å². The zero-order valence-corrected chi connectivity index (χ0v) is 16.5. The second-order valence-corrected chi connectivity index (χ2v) is 8.01. The van der Waals surface area contributed by atoms with E-state index in [1.165, 1.54) is 11.8 Å². The molecule has 0 aliphatic rings. The molecule has 3 aromatic rings. The largest absolute Gasteiger partial charge is 0.347 e. The van der Waals surface area contributed by atoms with E-state index in [1.807, 2.05) is 66.9 Å². The third kappa shape index (κ3) is 5.70. The smallest absolute Gasteiger partial charge is 0.252 e. The van der Waals surface area contributed by atoms with Crippen LogP contribution in [0.5, 0.6) is 0 Å². The quantitative estimate of drug-likeness (QED) is 0.568. The number of hydrogen-bond donors (Lipinski definition) is 2. The van der Waals surface area contributed by atoms with Crippen LogP contribution in [0.1, 0.15) is 20.8 Å². The number of carbonyl (C=O) groups excluding carboxylic acids is 2. The summed E-state index contributed by atoms with van der Waals surface area (Å²) in [4.78, 5) is 26.6. The molecule has 0 radical (unpaired) electrons. The van der Waals surface area contributed by atoms with Gasteiger partial charge in [-0.3, -0.25) is 9.59 Å². The standard InChI is InChI=1S/C21H20N2O2S2/c1-15-8-10-16(11-9-15)23-20(24)14-27-19-7-3-2-6-18(19)21(25)22-13-17-5-4-12-26-17/h2-12H,13-14H2,1H3,(H,22,25)(H,23,24). The van der Waals surface area contributed by atoms with Gasteiger partial charge >= 0.3 is 0 Å². The summed E-state index contributed by atoms with van der Waals surface area (Å²) in [6.07, 6.45) is 0. The average Bonchev–Trinajstić information content (AvgIpc) is 3.20. The molecule has 138 valence electrons. The molecule has 0 aliphatic carbocycles. The number of carbonyl (C=O) groups is 2. The fourth-order valence-electron chi connectivity index (χ4n) is 2.43. The van der Waals surface area contributed by atoms with Crippen LogP contribution in [0.2, 0.25) is 0 Å². The van der Waals surface area contributed by atoms with Crippen LogP contribution in [0.3, 0.4) is 0 Å². The van der Waals surface area contributed by atoms with Crippen molar-refractivity contribution < 1.29 is 9.59 Å². The van der Waals surface area contributed by atoms with E-state index in [4.69, 9.17) is 0 Å². The maximum atomic E-state index is 12.5. The second-order valence-electron chi connectivity index (χ2n) is 5.96. The van der Waals surface area contributed by atoms with Crippen LogP contribution < -0.4 is 10.6 Å². The first-order chi connectivity index (χ1) is 13.1. The van der Waals surface area contributed by atoms with E-state index in [0.29, 0.717) is 12.1 Å². The number of amides is 2. The molecule has 27 heavy (non-hydrogen) atoms. The van der Waals surface area contributed by atoms with Crippen molar-refractivity contribution in [1.29, 1.82) is 0 Å². The monoisotopic (exact) mass is 396 g/mol. The van der Waals surface area contributed by atoms with Crippen LogP contribution in [-0.2, 0) is 11.3 Å². The highest BCUT2D eigenvalue weighted by atomic mass is 32.2. The Morgan fingerprint density at radius 3 is 2.52 bits per heavy atom. The van der Waals surface area contributed by atoms with Crippen molar-refractivity contribution in [1.82, 2.24) is 5.32 Å². The maximum absolute atomic E-state index is 12.5. The summed E-state index contributed by atoms with van der Waals surface area (Å²) in [7, 11) is 0. The number of thioether (sulfide) groups is 1. The topological polar surface area (TPSA) is 58.2 Å². The number of aryl methyl sites for hydroxylation is 1. The Bertz CT molecular complexity index is 906. The van der Waals surface area contributed by atoms with Gasteiger partial charge in [-0.1, -0.05) is 35.9 Å². The number of rotatable bonds is 7. The molecule has 0 unspecified atom stereocenters. The molecule has 0 saturated heterocycles. The molecule has 0 spiro atoms. The molecular formula is C21H20N2O2S2. The summed E-state index contributed by atoms with van der Waals surface area (Å²) >= 11 is 2.97. The Morgan fingerprint density at radius 2 is 1.78 bits per heavy atom. The zero-order valence-electron chi connectivity index (χ0n) is 14.9. The summed E-state index contributed by atoms with van der Waals surface area (Å²) in [6.45, 7) is 2.51. The molecule has 0 aliphatic heterocycles. The SMILES string of the molecule is Cc1ccc(NC(=O)CSc2ccccc2C(=O)NCc2cccs2)cc1. The summed E-state index contributed by atoms with van der Waals surface area (Å²) in [5.74, 6) is 0.00593. The lowest BCUT2D eigenvalue weighted by molar-refractivity contribution is -0.113. The van der Waals surface area contributed by atoms with Crippen molar-refractivity contribution in [2.24, 2.45) is 0 Å². The molecule has 0 atom stereocenters. The van der Waals surface area contributed by atoms with Gasteiger partial charge in [-0.15, -0.1) is 23.1 Å². The fraction of sp³-hybridized carbons (Fsp3) is 0.143. The lowest BCUT2D eigenvalue weighted by Gasteiger charge is -2.10. The first-order valence-corrected chi connectivity index (χ1v) is 10.4. The number of thiophene rings is 1. The van der Waals surface area contributed by atoms with Crippen LogP contribution in [-0.4, -0.2) is 17.6 Å². The summed E-state index contributed by atoms with van der Waals surface area (Å²) in [5.41, 5.74) is 2.50. The molecule has 2 aromatic carbocycles. The minimum atomic E-state index is -0.134. The van der Waals surface area contributed by atoms with E-state index >= 15 is 0 Å². The van der Waals surface area contributed by atoms with E-state index in [1.54, 1.807) is 17.4 Å². The van der Waals surface area contributed by atoms with E-state index in [-0.39, 0.29) is 17.6 Å². The number of hydrogen-bond acceptors (Lipinski definition) is 4. The Morgan fingerprint density at radius 1 is 1.00 bits per heavy atom. The Hall–Kier alpha value is -2.57. The predicted molar refractivity (Wildman–Crippen MR) is 112 cm³/mol. The highest BCUT2D eigenvalue weighted by Gasteiger charge is 2.13. The number of anilines is 1. The minimum Gasteiger partial charge on any atom is -0.347 e.